The van der Waals surface area contributed by atoms with Crippen LogP contribution < -0.4 is 10.6 Å². The zero-order valence-electron chi connectivity index (χ0n) is 13.0. The van der Waals surface area contributed by atoms with E-state index >= 15 is 0 Å². The first-order valence-electron chi connectivity index (χ1n) is 7.88. The second kappa shape index (κ2) is 8.40. The summed E-state index contributed by atoms with van der Waals surface area (Å²) in [5.74, 6) is 0.390. The van der Waals surface area contributed by atoms with E-state index in [-0.39, 0.29) is 5.91 Å². The number of nitriles is 1. The first-order valence-corrected chi connectivity index (χ1v) is 7.88. The Morgan fingerprint density at radius 2 is 2.14 bits per heavy atom. The summed E-state index contributed by atoms with van der Waals surface area (Å²) < 4.78 is 5.32. The van der Waals surface area contributed by atoms with Crippen LogP contribution >= 0.6 is 0 Å². The number of carbonyl (C=O) groups is 1. The van der Waals surface area contributed by atoms with Crippen LogP contribution in [0.5, 0.6) is 0 Å². The van der Waals surface area contributed by atoms with Gasteiger partial charge < -0.3 is 15.4 Å². The van der Waals surface area contributed by atoms with E-state index in [9.17, 15) is 4.79 Å². The molecule has 0 atom stereocenters. The first-order chi connectivity index (χ1) is 10.7. The predicted molar refractivity (Wildman–Crippen MR) is 86.7 cm³/mol. The van der Waals surface area contributed by atoms with Crippen molar-refractivity contribution in [2.75, 3.05) is 30.4 Å². The molecule has 1 aliphatic rings. The quantitative estimate of drug-likeness (QED) is 0.846. The SMILES string of the molecule is CCCNc1ccc(C#N)cc1NC(=O)CC1CCOCC1. The monoisotopic (exact) mass is 301 g/mol. The third-order valence-corrected chi connectivity index (χ3v) is 3.80. The molecule has 2 N–H and O–H groups in total. The number of hydrogen-bond donors (Lipinski definition) is 2. The highest BCUT2D eigenvalue weighted by molar-refractivity contribution is 5.94. The maximum atomic E-state index is 12.2. The lowest BCUT2D eigenvalue weighted by Gasteiger charge is -2.21. The van der Waals surface area contributed by atoms with Crippen molar-refractivity contribution in [3.8, 4) is 6.07 Å². The van der Waals surface area contributed by atoms with Crippen molar-refractivity contribution in [2.24, 2.45) is 5.92 Å². The van der Waals surface area contributed by atoms with E-state index in [0.717, 1.165) is 44.7 Å². The van der Waals surface area contributed by atoms with Gasteiger partial charge in [0.25, 0.3) is 0 Å². The fraction of sp³-hybridized carbons (Fsp3) is 0.529. The first kappa shape index (κ1) is 16.3. The Balaban J connectivity index is 2.02. The van der Waals surface area contributed by atoms with E-state index in [1.54, 1.807) is 12.1 Å². The molecule has 0 spiro atoms. The molecule has 22 heavy (non-hydrogen) atoms. The van der Waals surface area contributed by atoms with Gasteiger partial charge in [0, 0.05) is 26.2 Å². The van der Waals surface area contributed by atoms with Crippen molar-refractivity contribution in [1.82, 2.24) is 0 Å². The summed E-state index contributed by atoms with van der Waals surface area (Å²) in [6, 6.07) is 7.43. The molecule has 5 nitrogen and oxygen atoms in total. The molecule has 5 heteroatoms. The van der Waals surface area contributed by atoms with Crippen molar-refractivity contribution < 1.29 is 9.53 Å². The summed E-state index contributed by atoms with van der Waals surface area (Å²) in [5.41, 5.74) is 2.09. The summed E-state index contributed by atoms with van der Waals surface area (Å²) in [6.07, 6.45) is 3.38. The van der Waals surface area contributed by atoms with E-state index in [0.29, 0.717) is 23.6 Å². The average Bonchev–Trinajstić information content (AvgIpc) is 2.54. The van der Waals surface area contributed by atoms with Crippen molar-refractivity contribution in [2.45, 2.75) is 32.6 Å². The van der Waals surface area contributed by atoms with E-state index in [1.807, 2.05) is 6.07 Å². The lowest BCUT2D eigenvalue weighted by Crippen LogP contribution is -2.22. The molecule has 1 aromatic carbocycles. The van der Waals surface area contributed by atoms with Gasteiger partial charge in [0.2, 0.25) is 5.91 Å². The second-order valence-corrected chi connectivity index (χ2v) is 5.61. The summed E-state index contributed by atoms with van der Waals surface area (Å²) in [6.45, 7) is 4.39. The summed E-state index contributed by atoms with van der Waals surface area (Å²) in [4.78, 5) is 12.2. The predicted octanol–water partition coefficient (Wildman–Crippen LogP) is 3.14. The van der Waals surface area contributed by atoms with Crippen molar-refractivity contribution in [1.29, 1.82) is 5.26 Å². The molecule has 0 radical (unpaired) electrons. The summed E-state index contributed by atoms with van der Waals surface area (Å²) >= 11 is 0. The molecule has 0 bridgehead atoms. The summed E-state index contributed by atoms with van der Waals surface area (Å²) in [7, 11) is 0. The molecule has 118 valence electrons. The fourth-order valence-electron chi connectivity index (χ4n) is 2.54. The number of rotatable bonds is 6. The minimum Gasteiger partial charge on any atom is -0.383 e. The Morgan fingerprint density at radius 3 is 2.82 bits per heavy atom. The molecule has 1 heterocycles. The van der Waals surface area contributed by atoms with E-state index in [4.69, 9.17) is 10.00 Å². The largest absolute Gasteiger partial charge is 0.383 e. The van der Waals surface area contributed by atoms with Crippen LogP contribution in [-0.2, 0) is 9.53 Å². The molecule has 1 aromatic rings. The molecule has 2 rings (SSSR count). The number of ether oxygens (including phenoxy) is 1. The number of nitrogens with zero attached hydrogens (tertiary/aromatic N) is 1. The third-order valence-electron chi connectivity index (χ3n) is 3.80. The van der Waals surface area contributed by atoms with Crippen molar-refractivity contribution in [3.63, 3.8) is 0 Å². The van der Waals surface area contributed by atoms with E-state index in [1.165, 1.54) is 0 Å². The number of nitrogens with one attached hydrogen (secondary N) is 2. The van der Waals surface area contributed by atoms with Crippen LogP contribution in [0.1, 0.15) is 38.2 Å². The average molecular weight is 301 g/mol. The molecule has 1 amide bonds. The van der Waals surface area contributed by atoms with Crippen LogP contribution in [-0.4, -0.2) is 25.7 Å². The van der Waals surface area contributed by atoms with Gasteiger partial charge >= 0.3 is 0 Å². The van der Waals surface area contributed by atoms with E-state index < -0.39 is 0 Å². The highest BCUT2D eigenvalue weighted by Crippen LogP contribution is 2.25. The van der Waals surface area contributed by atoms with Crippen LogP contribution in [0.15, 0.2) is 18.2 Å². The normalized spacial score (nSPS) is 15.1. The Labute approximate surface area is 131 Å². The van der Waals surface area contributed by atoms with Crippen molar-refractivity contribution in [3.05, 3.63) is 23.8 Å². The number of benzene rings is 1. The highest BCUT2D eigenvalue weighted by Gasteiger charge is 2.18. The molecule has 1 saturated heterocycles. The smallest absolute Gasteiger partial charge is 0.224 e. The van der Waals surface area contributed by atoms with Gasteiger partial charge in [0.15, 0.2) is 0 Å². The lowest BCUT2D eigenvalue weighted by molar-refractivity contribution is -0.117. The Hall–Kier alpha value is -2.06. The van der Waals surface area contributed by atoms with Gasteiger partial charge in [-0.15, -0.1) is 0 Å². The van der Waals surface area contributed by atoms with Crippen LogP contribution in [0.2, 0.25) is 0 Å². The van der Waals surface area contributed by atoms with Gasteiger partial charge in [-0.2, -0.15) is 5.26 Å². The van der Waals surface area contributed by atoms with Gasteiger partial charge in [0.1, 0.15) is 0 Å². The zero-order valence-corrected chi connectivity index (χ0v) is 13.0. The number of amides is 1. The van der Waals surface area contributed by atoms with Crippen LogP contribution in [0.25, 0.3) is 0 Å². The molecule has 1 fully saturated rings. The molecule has 0 saturated carbocycles. The fourth-order valence-corrected chi connectivity index (χ4v) is 2.54. The molecular formula is C17H23N3O2. The van der Waals surface area contributed by atoms with Gasteiger partial charge in [-0.1, -0.05) is 6.92 Å². The third kappa shape index (κ3) is 4.74. The molecule has 1 aliphatic heterocycles. The minimum absolute atomic E-state index is 0.00142. The topological polar surface area (TPSA) is 74.2 Å². The number of hydrogen-bond acceptors (Lipinski definition) is 4. The standard InChI is InChI=1S/C17H23N3O2/c1-2-7-19-15-4-3-14(12-18)10-16(15)20-17(21)11-13-5-8-22-9-6-13/h3-4,10,13,19H,2,5-9,11H2,1H3,(H,20,21). The van der Waals surface area contributed by atoms with Gasteiger partial charge in [-0.05, 0) is 43.4 Å². The van der Waals surface area contributed by atoms with Gasteiger partial charge in [0.05, 0.1) is 23.0 Å². The second-order valence-electron chi connectivity index (χ2n) is 5.61. The molecular weight excluding hydrogens is 278 g/mol. The van der Waals surface area contributed by atoms with Gasteiger partial charge in [-0.3, -0.25) is 4.79 Å². The molecule has 0 aliphatic carbocycles. The highest BCUT2D eigenvalue weighted by atomic mass is 16.5. The minimum atomic E-state index is 0.00142. The number of carbonyl (C=O) groups excluding carboxylic acids is 1. The number of anilines is 2. The lowest BCUT2D eigenvalue weighted by atomic mass is 9.96. The Morgan fingerprint density at radius 1 is 1.36 bits per heavy atom. The maximum absolute atomic E-state index is 12.2. The van der Waals surface area contributed by atoms with E-state index in [2.05, 4.69) is 23.6 Å². The Kier molecular flexibility index (Phi) is 6.23. The van der Waals surface area contributed by atoms with Gasteiger partial charge in [-0.25, -0.2) is 0 Å². The maximum Gasteiger partial charge on any atom is 0.224 e. The van der Waals surface area contributed by atoms with Crippen molar-refractivity contribution >= 4 is 17.3 Å². The van der Waals surface area contributed by atoms with Crippen LogP contribution in [0.3, 0.4) is 0 Å². The van der Waals surface area contributed by atoms with Crippen LogP contribution in [0.4, 0.5) is 11.4 Å². The summed E-state index contributed by atoms with van der Waals surface area (Å²) in [5, 5.41) is 15.3. The Bertz CT molecular complexity index is 545. The zero-order chi connectivity index (χ0) is 15.8. The molecule has 0 aromatic heterocycles. The molecule has 0 unspecified atom stereocenters. The van der Waals surface area contributed by atoms with Crippen LogP contribution in [0, 0.1) is 17.2 Å².